The maximum absolute atomic E-state index is 11.7. The standard InChI is InChI=1S/C11H9NO2S/c1-12-8-15(13,14)11-7-6-9-4-2-3-5-10(9)11/h2-7,11H,8H2. The zero-order valence-corrected chi connectivity index (χ0v) is 8.74. The van der Waals surface area contributed by atoms with Gasteiger partial charge in [-0.3, -0.25) is 4.85 Å². The summed E-state index contributed by atoms with van der Waals surface area (Å²) in [4.78, 5) is 2.95. The predicted octanol–water partition coefficient (Wildman–Crippen LogP) is 2.05. The second kappa shape index (κ2) is 3.52. The first-order valence-electron chi connectivity index (χ1n) is 4.47. The molecule has 15 heavy (non-hydrogen) atoms. The van der Waals surface area contributed by atoms with Gasteiger partial charge in [-0.05, 0) is 11.1 Å². The van der Waals surface area contributed by atoms with E-state index >= 15 is 0 Å². The highest BCUT2D eigenvalue weighted by Crippen LogP contribution is 2.34. The molecule has 0 radical (unpaired) electrons. The van der Waals surface area contributed by atoms with Gasteiger partial charge >= 0.3 is 5.88 Å². The number of sulfone groups is 1. The summed E-state index contributed by atoms with van der Waals surface area (Å²) in [7, 11) is -3.36. The van der Waals surface area contributed by atoms with Crippen LogP contribution >= 0.6 is 0 Å². The molecule has 76 valence electrons. The van der Waals surface area contributed by atoms with Crippen LogP contribution in [0.3, 0.4) is 0 Å². The largest absolute Gasteiger partial charge is 0.313 e. The van der Waals surface area contributed by atoms with E-state index in [1.165, 1.54) is 0 Å². The van der Waals surface area contributed by atoms with E-state index in [1.54, 1.807) is 18.2 Å². The van der Waals surface area contributed by atoms with Gasteiger partial charge in [0.15, 0.2) is 0 Å². The fourth-order valence-electron chi connectivity index (χ4n) is 1.70. The molecule has 1 aliphatic rings. The van der Waals surface area contributed by atoms with Gasteiger partial charge in [-0.15, -0.1) is 0 Å². The van der Waals surface area contributed by atoms with Gasteiger partial charge in [-0.2, -0.15) is 0 Å². The summed E-state index contributed by atoms with van der Waals surface area (Å²) in [6.07, 6.45) is 3.44. The second-order valence-corrected chi connectivity index (χ2v) is 5.45. The molecule has 1 aromatic rings. The van der Waals surface area contributed by atoms with Crippen LogP contribution in [0.5, 0.6) is 0 Å². The van der Waals surface area contributed by atoms with Crippen molar-refractivity contribution < 1.29 is 8.42 Å². The Kier molecular flexibility index (Phi) is 2.33. The van der Waals surface area contributed by atoms with E-state index in [0.717, 1.165) is 11.1 Å². The quantitative estimate of drug-likeness (QED) is 0.714. The van der Waals surface area contributed by atoms with E-state index in [9.17, 15) is 8.42 Å². The molecule has 1 aromatic carbocycles. The summed E-state index contributed by atoms with van der Waals surface area (Å²) in [5.74, 6) is -0.448. The summed E-state index contributed by atoms with van der Waals surface area (Å²) in [6.45, 7) is 6.63. The van der Waals surface area contributed by atoms with Crippen molar-refractivity contribution in [1.29, 1.82) is 0 Å². The van der Waals surface area contributed by atoms with Gasteiger partial charge in [-0.1, -0.05) is 36.4 Å². The Morgan fingerprint density at radius 2 is 2.07 bits per heavy atom. The molecule has 1 unspecified atom stereocenters. The zero-order valence-electron chi connectivity index (χ0n) is 7.92. The SMILES string of the molecule is [C-]#[N+]CS(=O)(=O)C1C=Cc2ccccc21. The van der Waals surface area contributed by atoms with Crippen LogP contribution in [0.15, 0.2) is 30.3 Å². The van der Waals surface area contributed by atoms with E-state index in [1.807, 2.05) is 18.2 Å². The van der Waals surface area contributed by atoms with Crippen LogP contribution in [0, 0.1) is 6.57 Å². The normalized spacial score (nSPS) is 18.5. The minimum absolute atomic E-state index is 0.448. The Bertz CT molecular complexity index is 552. The van der Waals surface area contributed by atoms with E-state index in [-0.39, 0.29) is 0 Å². The lowest BCUT2D eigenvalue weighted by Crippen LogP contribution is -2.12. The van der Waals surface area contributed by atoms with Gasteiger partial charge in [0.25, 0.3) is 0 Å². The van der Waals surface area contributed by atoms with Gasteiger partial charge in [-0.25, -0.2) is 15.0 Å². The Morgan fingerprint density at radius 3 is 2.80 bits per heavy atom. The van der Waals surface area contributed by atoms with Gasteiger partial charge in [0.1, 0.15) is 5.25 Å². The van der Waals surface area contributed by atoms with Gasteiger partial charge in [0.05, 0.1) is 0 Å². The first kappa shape index (κ1) is 9.94. The Morgan fingerprint density at radius 1 is 1.33 bits per heavy atom. The van der Waals surface area contributed by atoms with Crippen LogP contribution in [0.1, 0.15) is 16.4 Å². The van der Waals surface area contributed by atoms with Crippen molar-refractivity contribution in [2.75, 3.05) is 5.88 Å². The molecule has 0 saturated heterocycles. The third-order valence-electron chi connectivity index (χ3n) is 2.38. The van der Waals surface area contributed by atoms with Crippen LogP contribution in [0.4, 0.5) is 0 Å². The number of fused-ring (bicyclic) bond motifs is 1. The van der Waals surface area contributed by atoms with Crippen molar-refractivity contribution in [3.63, 3.8) is 0 Å². The first-order valence-corrected chi connectivity index (χ1v) is 6.18. The van der Waals surface area contributed by atoms with Crippen LogP contribution in [0.2, 0.25) is 0 Å². The molecule has 0 amide bonds. The molecule has 4 heteroatoms. The lowest BCUT2D eigenvalue weighted by molar-refractivity contribution is 0.593. The van der Waals surface area contributed by atoms with Crippen molar-refractivity contribution in [1.82, 2.24) is 0 Å². The summed E-state index contributed by atoms with van der Waals surface area (Å²) < 4.78 is 23.5. The molecule has 3 nitrogen and oxygen atoms in total. The van der Waals surface area contributed by atoms with E-state index in [0.29, 0.717) is 0 Å². The highest BCUT2D eigenvalue weighted by Gasteiger charge is 2.31. The van der Waals surface area contributed by atoms with Crippen LogP contribution in [0.25, 0.3) is 10.9 Å². The van der Waals surface area contributed by atoms with E-state index in [2.05, 4.69) is 4.85 Å². The molecule has 1 aliphatic carbocycles. The van der Waals surface area contributed by atoms with Crippen LogP contribution < -0.4 is 0 Å². The molecule has 0 aromatic heterocycles. The number of benzene rings is 1. The van der Waals surface area contributed by atoms with E-state index in [4.69, 9.17) is 6.57 Å². The van der Waals surface area contributed by atoms with Crippen LogP contribution in [-0.2, 0) is 9.84 Å². The molecule has 2 rings (SSSR count). The van der Waals surface area contributed by atoms with Crippen molar-refractivity contribution in [3.05, 3.63) is 52.9 Å². The Hall–Kier alpha value is -1.60. The van der Waals surface area contributed by atoms with E-state index < -0.39 is 21.0 Å². The smallest absolute Gasteiger partial charge is 0.300 e. The average Bonchev–Trinajstić information content (AvgIpc) is 2.61. The minimum Gasteiger partial charge on any atom is -0.300 e. The number of hydrogen-bond acceptors (Lipinski definition) is 2. The molecule has 0 aliphatic heterocycles. The topological polar surface area (TPSA) is 38.5 Å². The molecule has 0 bridgehead atoms. The van der Waals surface area contributed by atoms with Gasteiger partial charge < -0.3 is 0 Å². The minimum atomic E-state index is -3.36. The molecule has 0 spiro atoms. The summed E-state index contributed by atoms with van der Waals surface area (Å²) in [6, 6.07) is 7.35. The maximum atomic E-state index is 11.7. The third kappa shape index (κ3) is 1.66. The molecular weight excluding hydrogens is 210 g/mol. The lowest BCUT2D eigenvalue weighted by atomic mass is 10.1. The van der Waals surface area contributed by atoms with Crippen molar-refractivity contribution in [2.45, 2.75) is 5.25 Å². The summed E-state index contributed by atoms with van der Waals surface area (Å²) in [5, 5.41) is -0.636. The molecule has 0 N–H and O–H groups in total. The van der Waals surface area contributed by atoms with Gasteiger partial charge in [0.2, 0.25) is 9.84 Å². The number of hydrogen-bond donors (Lipinski definition) is 0. The molecule has 1 atom stereocenters. The highest BCUT2D eigenvalue weighted by molar-refractivity contribution is 7.91. The number of rotatable bonds is 2. The summed E-state index contributed by atoms with van der Waals surface area (Å²) in [5.41, 5.74) is 1.71. The monoisotopic (exact) mass is 219 g/mol. The molecule has 0 fully saturated rings. The number of nitrogens with zero attached hydrogens (tertiary/aromatic N) is 1. The molecule has 0 heterocycles. The average molecular weight is 219 g/mol. The second-order valence-electron chi connectivity index (χ2n) is 3.36. The van der Waals surface area contributed by atoms with Crippen molar-refractivity contribution in [2.24, 2.45) is 0 Å². The Labute approximate surface area is 88.8 Å². The fraction of sp³-hybridized carbons (Fsp3) is 0.182. The van der Waals surface area contributed by atoms with Crippen molar-refractivity contribution >= 4 is 15.9 Å². The summed E-state index contributed by atoms with van der Waals surface area (Å²) >= 11 is 0. The highest BCUT2D eigenvalue weighted by atomic mass is 32.2. The predicted molar refractivity (Wildman–Crippen MR) is 58.6 cm³/mol. The van der Waals surface area contributed by atoms with Gasteiger partial charge in [0, 0.05) is 0 Å². The zero-order chi connectivity index (χ0) is 10.9. The molecule has 0 saturated carbocycles. The fourth-order valence-corrected chi connectivity index (χ4v) is 2.96. The van der Waals surface area contributed by atoms with Crippen molar-refractivity contribution in [3.8, 4) is 0 Å². The lowest BCUT2D eigenvalue weighted by Gasteiger charge is -2.07. The molecular formula is C11H9NO2S. The third-order valence-corrected chi connectivity index (χ3v) is 4.06. The first-order chi connectivity index (χ1) is 7.15. The Balaban J connectivity index is 2.46. The van der Waals surface area contributed by atoms with Crippen LogP contribution in [-0.4, -0.2) is 14.3 Å². The maximum Gasteiger partial charge on any atom is 0.313 e.